The number of benzene rings is 3. The average Bonchev–Trinajstić information content (AvgIpc) is 3.23. The molecule has 0 unspecified atom stereocenters. The second-order valence-corrected chi connectivity index (χ2v) is 21.5. The van der Waals surface area contributed by atoms with Crippen LogP contribution in [0, 0.1) is 0 Å². The van der Waals surface area contributed by atoms with Gasteiger partial charge in [-0.2, -0.15) is 0 Å². The third-order valence-electron chi connectivity index (χ3n) is 9.44. The molecule has 9 nitrogen and oxygen atoms in total. The molecule has 6 rings (SSSR count). The van der Waals surface area contributed by atoms with Crippen LogP contribution in [0.3, 0.4) is 0 Å². The maximum absolute atomic E-state index is 8.83. The molecule has 0 saturated carbocycles. The van der Waals surface area contributed by atoms with Crippen molar-refractivity contribution in [3.05, 3.63) is 54.6 Å². The van der Waals surface area contributed by atoms with Crippen molar-refractivity contribution in [2.45, 2.75) is 91.7 Å². The number of hydrogen-bond acceptors (Lipinski definition) is 12. The Morgan fingerprint density at radius 3 is 0.900 bits per heavy atom. The molecule has 0 amide bonds. The molecule has 3 fully saturated rings. The Bertz CT molecular complexity index is 1390. The molecule has 18 heteroatoms. The summed E-state index contributed by atoms with van der Waals surface area (Å²) in [6, 6.07) is 19.0. The van der Waals surface area contributed by atoms with E-state index in [1.54, 1.807) is 35.3 Å². The topological polar surface area (TPSA) is 148 Å². The lowest BCUT2D eigenvalue weighted by Gasteiger charge is -2.25. The second kappa shape index (κ2) is 35.8. The lowest BCUT2D eigenvalue weighted by Crippen LogP contribution is -2.24. The first-order valence-corrected chi connectivity index (χ1v) is 26.2. The molecule has 3 aromatic rings. The minimum atomic E-state index is 0. The number of piperidine rings is 3. The van der Waals surface area contributed by atoms with Crippen molar-refractivity contribution in [3.8, 4) is 0 Å². The van der Waals surface area contributed by atoms with Crippen molar-refractivity contribution >= 4 is 145 Å². The van der Waals surface area contributed by atoms with E-state index in [4.69, 9.17) is 32.5 Å². The fraction of sp³-hybridized carbons (Fsp3) is 0.571. The Labute approximate surface area is 411 Å². The SMILES string of the molecule is Br.Br.Br.Nc1ccc([P]N2CCCCC2)cc1SCCCO.Nc1ccc([P]N2CCCCC2)cc1SCCCO.Nc1ccc([P]N2CCCCC2)cc1SCCCO. The van der Waals surface area contributed by atoms with Gasteiger partial charge in [0.1, 0.15) is 0 Å². The van der Waals surface area contributed by atoms with Gasteiger partial charge in [-0.05, 0) is 110 Å². The number of rotatable bonds is 18. The summed E-state index contributed by atoms with van der Waals surface area (Å²) in [5.74, 6) is 2.76. The molecule has 0 spiro atoms. The van der Waals surface area contributed by atoms with Crippen molar-refractivity contribution in [2.75, 3.05) is 93.5 Å². The quantitative estimate of drug-likeness (QED) is 0.0312. The van der Waals surface area contributed by atoms with Crippen molar-refractivity contribution < 1.29 is 15.3 Å². The van der Waals surface area contributed by atoms with E-state index in [1.165, 1.54) is 139 Å². The van der Waals surface area contributed by atoms with Gasteiger partial charge in [0.15, 0.2) is 0 Å². The van der Waals surface area contributed by atoms with Gasteiger partial charge in [-0.25, -0.2) is 0 Å². The summed E-state index contributed by atoms with van der Waals surface area (Å²) in [4.78, 5) is 3.45. The zero-order valence-corrected chi connectivity index (χ0v) is 45.1. The van der Waals surface area contributed by atoms with Crippen LogP contribution >= 0.6 is 112 Å². The molecule has 3 aromatic carbocycles. The number of aliphatic hydroxyl groups is 3. The van der Waals surface area contributed by atoms with Gasteiger partial charge in [-0.15, -0.1) is 86.2 Å². The number of thioether (sulfide) groups is 3. The highest BCUT2D eigenvalue weighted by Crippen LogP contribution is 2.32. The first kappa shape index (κ1) is 58.6. The summed E-state index contributed by atoms with van der Waals surface area (Å²) in [5.41, 5.74) is 20.6. The lowest BCUT2D eigenvalue weighted by molar-refractivity contribution is 0.296. The molecule has 3 heterocycles. The number of hydrogen-bond donors (Lipinski definition) is 6. The van der Waals surface area contributed by atoms with Crippen LogP contribution in [0.4, 0.5) is 17.1 Å². The van der Waals surface area contributed by atoms with E-state index in [0.717, 1.165) is 68.3 Å². The highest BCUT2D eigenvalue weighted by Gasteiger charge is 2.15. The number of nitrogens with zero attached hydrogens (tertiary/aromatic N) is 3. The van der Waals surface area contributed by atoms with E-state index in [9.17, 15) is 0 Å². The number of nitrogen functional groups attached to an aromatic ring is 3. The van der Waals surface area contributed by atoms with E-state index in [-0.39, 0.29) is 70.8 Å². The maximum atomic E-state index is 8.83. The van der Waals surface area contributed by atoms with Gasteiger partial charge in [0.05, 0.1) is 0 Å². The molecule has 60 heavy (non-hydrogen) atoms. The van der Waals surface area contributed by atoms with Crippen molar-refractivity contribution in [1.29, 1.82) is 0 Å². The smallest absolute Gasteiger partial charge is 0.0452 e. The summed E-state index contributed by atoms with van der Waals surface area (Å²) < 4.78 is 7.49. The predicted octanol–water partition coefficient (Wildman–Crippen LogP) is 9.88. The van der Waals surface area contributed by atoms with Gasteiger partial charge in [0, 0.05) is 134 Å². The third kappa shape index (κ3) is 23.7. The first-order chi connectivity index (χ1) is 27.9. The molecule has 339 valence electrons. The normalized spacial score (nSPS) is 16.4. The summed E-state index contributed by atoms with van der Waals surface area (Å²) in [6.45, 7) is 7.99. The molecule has 3 radical (unpaired) electrons. The van der Waals surface area contributed by atoms with E-state index < -0.39 is 0 Å². The van der Waals surface area contributed by atoms with Crippen LogP contribution in [0.25, 0.3) is 0 Å². The summed E-state index contributed by atoms with van der Waals surface area (Å²) in [6.07, 6.45) is 14.5. The van der Waals surface area contributed by atoms with E-state index in [2.05, 4.69) is 50.4 Å². The average molecular weight is 1130 g/mol. The molecule has 9 N–H and O–H groups in total. The number of aliphatic hydroxyl groups excluding tert-OH is 3. The molecular weight excluding hydrogens is 1070 g/mol. The van der Waals surface area contributed by atoms with Crippen LogP contribution in [0.5, 0.6) is 0 Å². The molecule has 0 atom stereocenters. The van der Waals surface area contributed by atoms with Crippen LogP contribution in [0.2, 0.25) is 0 Å². The molecule has 0 aliphatic carbocycles. The van der Waals surface area contributed by atoms with Gasteiger partial charge >= 0.3 is 0 Å². The van der Waals surface area contributed by atoms with E-state index in [1.807, 2.05) is 18.2 Å². The molecule has 0 bridgehead atoms. The first-order valence-electron chi connectivity index (χ1n) is 20.7. The van der Waals surface area contributed by atoms with Gasteiger partial charge < -0.3 is 32.5 Å². The molecule has 3 aliphatic heterocycles. The van der Waals surface area contributed by atoms with Crippen molar-refractivity contribution in [1.82, 2.24) is 14.0 Å². The monoisotopic (exact) mass is 1130 g/mol. The molecule has 3 aliphatic rings. The van der Waals surface area contributed by atoms with Crippen molar-refractivity contribution in [2.24, 2.45) is 0 Å². The Morgan fingerprint density at radius 2 is 0.667 bits per heavy atom. The largest absolute Gasteiger partial charge is 0.398 e. The summed E-state index contributed by atoms with van der Waals surface area (Å²) in [5, 5.41) is 30.5. The van der Waals surface area contributed by atoms with Crippen LogP contribution in [-0.4, -0.2) is 106 Å². The lowest BCUT2D eigenvalue weighted by atomic mass is 10.2. The Hall–Kier alpha value is 0.600. The number of anilines is 3. The molecule has 3 saturated heterocycles. The molecule has 0 aromatic heterocycles. The van der Waals surface area contributed by atoms with E-state index >= 15 is 0 Å². The number of nitrogens with two attached hydrogens (primary N) is 3. The fourth-order valence-corrected chi connectivity index (χ4v) is 12.8. The van der Waals surface area contributed by atoms with Gasteiger partial charge in [0.2, 0.25) is 0 Å². The Balaban J connectivity index is 0.000000439. The zero-order valence-electron chi connectivity index (χ0n) is 34.9. The third-order valence-corrected chi connectivity index (χ3v) is 16.5. The van der Waals surface area contributed by atoms with Crippen LogP contribution in [0.1, 0.15) is 77.0 Å². The van der Waals surface area contributed by atoms with Crippen LogP contribution < -0.4 is 33.1 Å². The zero-order chi connectivity index (χ0) is 40.5. The summed E-state index contributed by atoms with van der Waals surface area (Å²) in [7, 11) is 3.91. The summed E-state index contributed by atoms with van der Waals surface area (Å²) >= 11 is 5.22. The second-order valence-electron chi connectivity index (χ2n) is 14.3. The minimum absolute atomic E-state index is 0. The number of halogens is 3. The fourth-order valence-electron chi connectivity index (χ4n) is 6.29. The predicted molar refractivity (Wildman–Crippen MR) is 287 cm³/mol. The Kier molecular flexibility index (Phi) is 35.0. The van der Waals surface area contributed by atoms with E-state index in [0.29, 0.717) is 0 Å². The van der Waals surface area contributed by atoms with Crippen LogP contribution in [0.15, 0.2) is 69.3 Å². The highest BCUT2D eigenvalue weighted by molar-refractivity contribution is 8.93. The minimum Gasteiger partial charge on any atom is -0.398 e. The van der Waals surface area contributed by atoms with Crippen LogP contribution in [-0.2, 0) is 0 Å². The molecular formula is C42H69Br3N6O3P3S3. The highest BCUT2D eigenvalue weighted by atomic mass is 79.9. The van der Waals surface area contributed by atoms with Crippen molar-refractivity contribution in [3.63, 3.8) is 0 Å². The van der Waals surface area contributed by atoms with Gasteiger partial charge in [0.25, 0.3) is 0 Å². The Morgan fingerprint density at radius 1 is 0.417 bits per heavy atom. The van der Waals surface area contributed by atoms with Gasteiger partial charge in [-0.1, -0.05) is 37.5 Å². The standard InChI is InChI=1S/3C14H22N2OPS.3BrH/c3*15-13-6-5-12(11-14(13)19-10-4-9-17)18-16-7-2-1-3-8-16;;;/h3*5-6,11,17H,1-4,7-10,15H2;3*1H. The van der Waals surface area contributed by atoms with Gasteiger partial charge in [-0.3, -0.25) is 14.0 Å². The maximum Gasteiger partial charge on any atom is 0.0452 e.